The Kier molecular flexibility index (Phi) is 5.33. The van der Waals surface area contributed by atoms with Crippen LogP contribution in [0.15, 0.2) is 17.5 Å². The third kappa shape index (κ3) is 3.61. The molecule has 0 spiro atoms. The van der Waals surface area contributed by atoms with Crippen molar-refractivity contribution >= 4 is 11.7 Å². The molecule has 0 fully saturated rings. The van der Waals surface area contributed by atoms with Gasteiger partial charge in [-0.05, 0) is 31.0 Å². The number of pyridine rings is 1. The molecule has 110 valence electrons. The minimum atomic E-state index is -0.668. The Morgan fingerprint density at radius 1 is 1.45 bits per heavy atom. The van der Waals surface area contributed by atoms with Crippen LogP contribution in [0.3, 0.4) is 0 Å². The fourth-order valence-corrected chi connectivity index (χ4v) is 1.82. The van der Waals surface area contributed by atoms with Crippen molar-refractivity contribution in [2.45, 2.75) is 20.4 Å². The van der Waals surface area contributed by atoms with E-state index < -0.39 is 18.3 Å². The average Bonchev–Trinajstić information content (AvgIpc) is 2.38. The van der Waals surface area contributed by atoms with Crippen LogP contribution in [0, 0.1) is 13.8 Å². The van der Waals surface area contributed by atoms with Gasteiger partial charge in [0.05, 0.1) is 12.3 Å². The smallest absolute Gasteiger partial charge is 0.288 e. The second-order valence-electron chi connectivity index (χ2n) is 4.35. The topological polar surface area (TPSA) is 120 Å². The third-order valence-electron chi connectivity index (χ3n) is 2.96. The summed E-state index contributed by atoms with van der Waals surface area (Å²) in [6.45, 7) is 3.44. The number of aryl methyl sites for hydroxylation is 2. The van der Waals surface area contributed by atoms with E-state index in [1.54, 1.807) is 13.0 Å². The van der Waals surface area contributed by atoms with Crippen LogP contribution in [-0.4, -0.2) is 34.8 Å². The van der Waals surface area contributed by atoms with Gasteiger partial charge in [0.2, 0.25) is 5.76 Å². The monoisotopic (exact) mass is 280 g/mol. The molecule has 0 saturated heterocycles. The molecule has 0 radical (unpaired) electrons. The van der Waals surface area contributed by atoms with Crippen LogP contribution in [0.2, 0.25) is 0 Å². The number of carbonyl (C=O) groups is 1. The van der Waals surface area contributed by atoms with E-state index in [0.29, 0.717) is 5.82 Å². The summed E-state index contributed by atoms with van der Waals surface area (Å²) in [6, 6.07) is 1.72. The van der Waals surface area contributed by atoms with Gasteiger partial charge in [-0.1, -0.05) is 0 Å². The van der Waals surface area contributed by atoms with Gasteiger partial charge in [0.15, 0.2) is 0 Å². The van der Waals surface area contributed by atoms with E-state index in [2.05, 4.69) is 15.6 Å². The van der Waals surface area contributed by atoms with E-state index in [-0.39, 0.29) is 12.2 Å². The molecule has 0 bridgehead atoms. The first kappa shape index (κ1) is 15.8. The standard InChI is InChI=1S/C13H20N4O3/c1-7-4-11(14)17-8(2)9(7)5-16-13(20)12(19)10(6-18)15-3/h4,15,18-19H,5-6H2,1-3H3,(H2,14,17)(H,16,20)/b12-10-. The molecule has 6 N–H and O–H groups in total. The lowest BCUT2D eigenvalue weighted by molar-refractivity contribution is -0.120. The molecule has 0 aliphatic rings. The fraction of sp³-hybridized carbons (Fsp3) is 0.385. The zero-order chi connectivity index (χ0) is 15.3. The van der Waals surface area contributed by atoms with Gasteiger partial charge in [-0.25, -0.2) is 4.98 Å². The van der Waals surface area contributed by atoms with Gasteiger partial charge < -0.3 is 26.6 Å². The fourth-order valence-electron chi connectivity index (χ4n) is 1.82. The highest BCUT2D eigenvalue weighted by Crippen LogP contribution is 2.14. The van der Waals surface area contributed by atoms with E-state index in [0.717, 1.165) is 16.8 Å². The molecule has 0 saturated carbocycles. The number of hydrogen-bond acceptors (Lipinski definition) is 6. The largest absolute Gasteiger partial charge is 0.502 e. The molecule has 7 heteroatoms. The van der Waals surface area contributed by atoms with Crippen LogP contribution in [0.25, 0.3) is 0 Å². The number of rotatable bonds is 5. The molecule has 0 atom stereocenters. The molecular weight excluding hydrogens is 260 g/mol. The van der Waals surface area contributed by atoms with Crippen LogP contribution in [-0.2, 0) is 11.3 Å². The lowest BCUT2D eigenvalue weighted by atomic mass is 10.1. The van der Waals surface area contributed by atoms with E-state index in [1.807, 2.05) is 6.92 Å². The molecule has 1 amide bonds. The van der Waals surface area contributed by atoms with Crippen molar-refractivity contribution in [2.75, 3.05) is 19.4 Å². The number of aliphatic hydroxyl groups excluding tert-OH is 2. The minimum Gasteiger partial charge on any atom is -0.502 e. The summed E-state index contributed by atoms with van der Waals surface area (Å²) in [6.07, 6.45) is 0. The maximum Gasteiger partial charge on any atom is 0.288 e. The number of nitrogens with two attached hydrogens (primary N) is 1. The lowest BCUT2D eigenvalue weighted by Gasteiger charge is -2.12. The molecule has 1 rings (SSSR count). The third-order valence-corrected chi connectivity index (χ3v) is 2.96. The maximum absolute atomic E-state index is 11.7. The number of carbonyl (C=O) groups excluding carboxylic acids is 1. The van der Waals surface area contributed by atoms with Gasteiger partial charge in [-0.15, -0.1) is 0 Å². The van der Waals surface area contributed by atoms with E-state index in [4.69, 9.17) is 10.8 Å². The summed E-state index contributed by atoms with van der Waals surface area (Å²) in [5.41, 5.74) is 8.17. The van der Waals surface area contributed by atoms with Crippen molar-refractivity contribution < 1.29 is 15.0 Å². The Morgan fingerprint density at radius 2 is 2.10 bits per heavy atom. The van der Waals surface area contributed by atoms with E-state index >= 15 is 0 Å². The highest BCUT2D eigenvalue weighted by Gasteiger charge is 2.14. The first-order valence-corrected chi connectivity index (χ1v) is 6.12. The predicted octanol–water partition coefficient (Wildman–Crippen LogP) is -0.122. The lowest BCUT2D eigenvalue weighted by Crippen LogP contribution is -2.29. The van der Waals surface area contributed by atoms with Crippen molar-refractivity contribution in [2.24, 2.45) is 0 Å². The summed E-state index contributed by atoms with van der Waals surface area (Å²) in [5, 5.41) is 23.7. The molecular formula is C13H20N4O3. The summed E-state index contributed by atoms with van der Waals surface area (Å²) >= 11 is 0. The Balaban J connectivity index is 2.83. The minimum absolute atomic E-state index is 0.0615. The molecule has 0 aliphatic heterocycles. The molecule has 0 unspecified atom stereocenters. The molecule has 1 aromatic rings. The van der Waals surface area contributed by atoms with Gasteiger partial charge in [-0.2, -0.15) is 0 Å². The number of nitrogens with one attached hydrogen (secondary N) is 2. The summed E-state index contributed by atoms with van der Waals surface area (Å²) in [4.78, 5) is 15.9. The number of anilines is 1. The zero-order valence-corrected chi connectivity index (χ0v) is 11.8. The van der Waals surface area contributed by atoms with Gasteiger partial charge in [0.1, 0.15) is 5.82 Å². The first-order chi connectivity index (χ1) is 9.40. The average molecular weight is 280 g/mol. The second-order valence-corrected chi connectivity index (χ2v) is 4.35. The number of aromatic nitrogens is 1. The van der Waals surface area contributed by atoms with Crippen molar-refractivity contribution in [3.63, 3.8) is 0 Å². The van der Waals surface area contributed by atoms with Crippen LogP contribution in [0.1, 0.15) is 16.8 Å². The first-order valence-electron chi connectivity index (χ1n) is 6.12. The Bertz CT molecular complexity index is 511. The van der Waals surface area contributed by atoms with Gasteiger partial charge in [0, 0.05) is 19.3 Å². The Labute approximate surface area is 117 Å². The molecule has 7 nitrogen and oxygen atoms in total. The Morgan fingerprint density at radius 3 is 2.60 bits per heavy atom. The summed E-state index contributed by atoms with van der Waals surface area (Å²) < 4.78 is 0. The number of nitrogens with zero attached hydrogens (tertiary/aromatic N) is 1. The maximum atomic E-state index is 11.7. The van der Waals surface area contributed by atoms with E-state index in [1.165, 1.54) is 7.05 Å². The van der Waals surface area contributed by atoms with Crippen LogP contribution < -0.4 is 16.4 Å². The molecule has 0 aromatic carbocycles. The highest BCUT2D eigenvalue weighted by molar-refractivity contribution is 5.91. The predicted molar refractivity (Wildman–Crippen MR) is 75.8 cm³/mol. The molecule has 1 aromatic heterocycles. The second kappa shape index (κ2) is 6.76. The van der Waals surface area contributed by atoms with Crippen molar-refractivity contribution in [3.8, 4) is 0 Å². The van der Waals surface area contributed by atoms with Crippen molar-refractivity contribution in [3.05, 3.63) is 34.3 Å². The van der Waals surface area contributed by atoms with Crippen LogP contribution >= 0.6 is 0 Å². The van der Waals surface area contributed by atoms with Gasteiger partial charge in [0.25, 0.3) is 5.91 Å². The summed E-state index contributed by atoms with van der Waals surface area (Å²) in [7, 11) is 1.51. The van der Waals surface area contributed by atoms with Gasteiger partial charge >= 0.3 is 0 Å². The molecule has 20 heavy (non-hydrogen) atoms. The normalized spacial score (nSPS) is 11.8. The molecule has 0 aliphatic carbocycles. The van der Waals surface area contributed by atoms with E-state index in [9.17, 15) is 9.90 Å². The number of hydrogen-bond donors (Lipinski definition) is 5. The van der Waals surface area contributed by atoms with Crippen LogP contribution in [0.4, 0.5) is 5.82 Å². The number of amides is 1. The molecule has 1 heterocycles. The van der Waals surface area contributed by atoms with Gasteiger partial charge in [-0.3, -0.25) is 4.79 Å². The quantitative estimate of drug-likeness (QED) is 0.379. The number of aliphatic hydroxyl groups is 2. The highest BCUT2D eigenvalue weighted by atomic mass is 16.3. The number of likely N-dealkylation sites (N-methyl/N-ethyl adjacent to an activating group) is 1. The zero-order valence-electron chi connectivity index (χ0n) is 11.8. The Hall–Kier alpha value is -2.28. The van der Waals surface area contributed by atoms with Crippen molar-refractivity contribution in [1.82, 2.24) is 15.6 Å². The SMILES string of the molecule is CN/C(CO)=C(\O)C(=O)NCc1c(C)cc(N)nc1C. The number of nitrogen functional groups attached to an aromatic ring is 1. The van der Waals surface area contributed by atoms with Crippen LogP contribution in [0.5, 0.6) is 0 Å². The van der Waals surface area contributed by atoms with Crippen molar-refractivity contribution in [1.29, 1.82) is 0 Å². The summed E-state index contributed by atoms with van der Waals surface area (Å²) in [5.74, 6) is -0.775.